The standard InChI is InChI=1S/C24H35N3O3/c1-23(2,3)17-25-11-9-24(10-12-25)21(28)27(22(29)26(24)13-14-30-4)20-15-18-7-5-6-8-19(18)16-20/h5-8,20H,9-17H2,1-4H3. The van der Waals surface area contributed by atoms with E-state index >= 15 is 0 Å². The van der Waals surface area contributed by atoms with Crippen molar-refractivity contribution < 1.29 is 14.3 Å². The molecule has 0 bridgehead atoms. The van der Waals surface area contributed by atoms with Gasteiger partial charge in [-0.25, -0.2) is 4.79 Å². The van der Waals surface area contributed by atoms with Gasteiger partial charge in [-0.2, -0.15) is 0 Å². The second-order valence-corrected chi connectivity index (χ2v) is 10.3. The van der Waals surface area contributed by atoms with E-state index in [0.29, 0.717) is 26.0 Å². The molecule has 30 heavy (non-hydrogen) atoms. The van der Waals surface area contributed by atoms with E-state index < -0.39 is 5.54 Å². The molecule has 0 saturated carbocycles. The van der Waals surface area contributed by atoms with Crippen LogP contribution in [0.25, 0.3) is 0 Å². The van der Waals surface area contributed by atoms with Gasteiger partial charge in [0.05, 0.1) is 6.61 Å². The van der Waals surface area contributed by atoms with Crippen molar-refractivity contribution >= 4 is 11.9 Å². The van der Waals surface area contributed by atoms with Crippen LogP contribution >= 0.6 is 0 Å². The Morgan fingerprint density at radius 1 is 1.07 bits per heavy atom. The highest BCUT2D eigenvalue weighted by atomic mass is 16.5. The van der Waals surface area contributed by atoms with E-state index in [4.69, 9.17) is 4.74 Å². The minimum Gasteiger partial charge on any atom is -0.383 e. The summed E-state index contributed by atoms with van der Waals surface area (Å²) in [6.07, 6.45) is 2.93. The fourth-order valence-electron chi connectivity index (χ4n) is 5.51. The van der Waals surface area contributed by atoms with Gasteiger partial charge in [0, 0.05) is 39.3 Å². The molecule has 0 atom stereocenters. The lowest BCUT2D eigenvalue weighted by Gasteiger charge is -2.43. The lowest BCUT2D eigenvalue weighted by molar-refractivity contribution is -0.137. The molecule has 2 heterocycles. The highest BCUT2D eigenvalue weighted by molar-refractivity contribution is 6.07. The Balaban J connectivity index is 1.56. The Morgan fingerprint density at radius 2 is 1.67 bits per heavy atom. The molecule has 164 valence electrons. The lowest BCUT2D eigenvalue weighted by Crippen LogP contribution is -2.58. The average Bonchev–Trinajstić information content (AvgIpc) is 3.19. The van der Waals surface area contributed by atoms with Crippen molar-refractivity contribution in [1.29, 1.82) is 0 Å². The molecule has 1 aliphatic carbocycles. The van der Waals surface area contributed by atoms with Gasteiger partial charge in [-0.3, -0.25) is 9.69 Å². The maximum atomic E-state index is 13.8. The highest BCUT2D eigenvalue weighted by Gasteiger charge is 2.59. The topological polar surface area (TPSA) is 53.1 Å². The normalized spacial score (nSPS) is 22.4. The van der Waals surface area contributed by atoms with E-state index in [2.05, 4.69) is 37.8 Å². The number of piperidine rings is 1. The number of likely N-dealkylation sites (tertiary alicyclic amines) is 1. The van der Waals surface area contributed by atoms with Crippen LogP contribution in [0.1, 0.15) is 44.7 Å². The Labute approximate surface area is 180 Å². The first kappa shape index (κ1) is 21.3. The highest BCUT2D eigenvalue weighted by Crippen LogP contribution is 2.40. The van der Waals surface area contributed by atoms with E-state index in [1.54, 1.807) is 12.0 Å². The van der Waals surface area contributed by atoms with Crippen molar-refractivity contribution in [1.82, 2.24) is 14.7 Å². The SMILES string of the molecule is COCCN1C(=O)N(C2Cc3ccccc3C2)C(=O)C12CCN(CC(C)(C)C)CC2. The summed E-state index contributed by atoms with van der Waals surface area (Å²) in [5, 5.41) is 0. The molecule has 1 spiro atoms. The second kappa shape index (κ2) is 7.97. The summed E-state index contributed by atoms with van der Waals surface area (Å²) in [4.78, 5) is 33.2. The molecule has 2 aliphatic heterocycles. The number of benzene rings is 1. The molecule has 6 heteroatoms. The van der Waals surface area contributed by atoms with Crippen LogP contribution in [-0.4, -0.2) is 78.1 Å². The van der Waals surface area contributed by atoms with Gasteiger partial charge in [0.1, 0.15) is 5.54 Å². The van der Waals surface area contributed by atoms with E-state index in [9.17, 15) is 9.59 Å². The first-order valence-corrected chi connectivity index (χ1v) is 11.2. The molecular weight excluding hydrogens is 378 g/mol. The number of fused-ring (bicyclic) bond motifs is 1. The van der Waals surface area contributed by atoms with Crippen molar-refractivity contribution in [3.63, 3.8) is 0 Å². The zero-order valence-corrected chi connectivity index (χ0v) is 18.8. The molecule has 2 fully saturated rings. The summed E-state index contributed by atoms with van der Waals surface area (Å²) in [5.74, 6) is 0.0109. The number of hydrogen-bond acceptors (Lipinski definition) is 4. The monoisotopic (exact) mass is 413 g/mol. The van der Waals surface area contributed by atoms with E-state index in [1.165, 1.54) is 11.1 Å². The van der Waals surface area contributed by atoms with Crippen LogP contribution in [0, 0.1) is 5.41 Å². The van der Waals surface area contributed by atoms with E-state index in [0.717, 1.165) is 32.5 Å². The van der Waals surface area contributed by atoms with Crippen LogP contribution in [0.5, 0.6) is 0 Å². The zero-order valence-electron chi connectivity index (χ0n) is 18.8. The van der Waals surface area contributed by atoms with Gasteiger partial charge < -0.3 is 14.5 Å². The molecule has 4 rings (SSSR count). The first-order chi connectivity index (χ1) is 14.2. The quantitative estimate of drug-likeness (QED) is 0.697. The third-order valence-electron chi connectivity index (χ3n) is 6.87. The van der Waals surface area contributed by atoms with Crippen LogP contribution in [0.3, 0.4) is 0 Å². The number of rotatable bonds is 5. The summed E-state index contributed by atoms with van der Waals surface area (Å²) >= 11 is 0. The van der Waals surface area contributed by atoms with Crippen LogP contribution in [0.15, 0.2) is 24.3 Å². The third-order valence-corrected chi connectivity index (χ3v) is 6.87. The number of imide groups is 1. The minimum atomic E-state index is -0.710. The Bertz CT molecular complexity index is 783. The molecular formula is C24H35N3O3. The van der Waals surface area contributed by atoms with Gasteiger partial charge in [0.25, 0.3) is 5.91 Å². The number of nitrogens with zero attached hydrogens (tertiary/aromatic N) is 3. The van der Waals surface area contributed by atoms with Gasteiger partial charge in [-0.1, -0.05) is 45.0 Å². The summed E-state index contributed by atoms with van der Waals surface area (Å²) in [6.45, 7) is 10.3. The van der Waals surface area contributed by atoms with Gasteiger partial charge in [0.15, 0.2) is 0 Å². The molecule has 0 unspecified atom stereocenters. The smallest absolute Gasteiger partial charge is 0.328 e. The number of amides is 3. The molecule has 0 aromatic heterocycles. The third kappa shape index (κ3) is 3.76. The fraction of sp³-hybridized carbons (Fsp3) is 0.667. The Hall–Kier alpha value is -1.92. The van der Waals surface area contributed by atoms with Gasteiger partial charge in [0.2, 0.25) is 0 Å². The van der Waals surface area contributed by atoms with Gasteiger partial charge in [-0.15, -0.1) is 0 Å². The molecule has 0 radical (unpaired) electrons. The summed E-state index contributed by atoms with van der Waals surface area (Å²) in [5.41, 5.74) is 2.02. The number of methoxy groups -OCH3 is 1. The van der Waals surface area contributed by atoms with Gasteiger partial charge in [-0.05, 0) is 42.2 Å². The van der Waals surface area contributed by atoms with Crippen LogP contribution in [0.2, 0.25) is 0 Å². The number of urea groups is 1. The fourth-order valence-corrected chi connectivity index (χ4v) is 5.51. The second-order valence-electron chi connectivity index (χ2n) is 10.3. The number of ether oxygens (including phenoxy) is 1. The summed E-state index contributed by atoms with van der Waals surface area (Å²) in [7, 11) is 1.65. The summed E-state index contributed by atoms with van der Waals surface area (Å²) in [6, 6.07) is 8.10. The molecule has 1 aromatic rings. The van der Waals surface area contributed by atoms with Crippen molar-refractivity contribution in [3.8, 4) is 0 Å². The molecule has 3 amide bonds. The predicted octanol–water partition coefficient (Wildman–Crippen LogP) is 2.95. The zero-order chi connectivity index (χ0) is 21.5. The predicted molar refractivity (Wildman–Crippen MR) is 116 cm³/mol. The lowest BCUT2D eigenvalue weighted by atomic mass is 9.84. The van der Waals surface area contributed by atoms with Gasteiger partial charge >= 0.3 is 6.03 Å². The number of carbonyl (C=O) groups is 2. The van der Waals surface area contributed by atoms with Crippen LogP contribution in [-0.2, 0) is 22.4 Å². The maximum absolute atomic E-state index is 13.8. The number of hydrogen-bond donors (Lipinski definition) is 0. The van der Waals surface area contributed by atoms with E-state index in [-0.39, 0.29) is 23.4 Å². The van der Waals surface area contributed by atoms with E-state index in [1.807, 2.05) is 17.0 Å². The van der Waals surface area contributed by atoms with Crippen molar-refractivity contribution in [2.75, 3.05) is 39.9 Å². The molecule has 1 aromatic carbocycles. The van der Waals surface area contributed by atoms with Crippen LogP contribution < -0.4 is 0 Å². The minimum absolute atomic E-state index is 0.0109. The molecule has 3 aliphatic rings. The molecule has 0 N–H and O–H groups in total. The molecule has 6 nitrogen and oxygen atoms in total. The summed E-state index contributed by atoms with van der Waals surface area (Å²) < 4.78 is 5.29. The Morgan fingerprint density at radius 3 is 2.20 bits per heavy atom. The van der Waals surface area contributed by atoms with Crippen LogP contribution in [0.4, 0.5) is 4.79 Å². The largest absolute Gasteiger partial charge is 0.383 e. The van der Waals surface area contributed by atoms with Crippen molar-refractivity contribution in [3.05, 3.63) is 35.4 Å². The molecule has 2 saturated heterocycles. The maximum Gasteiger partial charge on any atom is 0.328 e. The number of carbonyl (C=O) groups excluding carboxylic acids is 2. The van der Waals surface area contributed by atoms with Crippen molar-refractivity contribution in [2.45, 2.75) is 58.0 Å². The first-order valence-electron chi connectivity index (χ1n) is 11.2. The average molecular weight is 414 g/mol. The van der Waals surface area contributed by atoms with Crippen molar-refractivity contribution in [2.24, 2.45) is 5.41 Å². The Kier molecular flexibility index (Phi) is 5.66.